The van der Waals surface area contributed by atoms with Gasteiger partial charge < -0.3 is 9.52 Å². The maximum atomic E-state index is 12.7. The van der Waals surface area contributed by atoms with Crippen molar-refractivity contribution in [3.63, 3.8) is 0 Å². The summed E-state index contributed by atoms with van der Waals surface area (Å²) in [5.41, 5.74) is 17.5. The first-order chi connectivity index (χ1) is 33.6. The predicted octanol–water partition coefficient (Wildman–Crippen LogP) is 17.6. The zero-order valence-electron chi connectivity index (χ0n) is 41.7. The van der Waals surface area contributed by atoms with Crippen LogP contribution in [-0.2, 0) is 10.8 Å². The van der Waals surface area contributed by atoms with Crippen molar-refractivity contribution in [2.45, 2.75) is 91.9 Å². The van der Waals surface area contributed by atoms with Gasteiger partial charge in [0.25, 0.3) is 0 Å². The van der Waals surface area contributed by atoms with Gasteiger partial charge in [0.1, 0.15) is 28.4 Å². The van der Waals surface area contributed by atoms with Crippen LogP contribution in [0.2, 0.25) is 0 Å². The van der Waals surface area contributed by atoms with Crippen LogP contribution < -0.4 is 0 Å². The predicted molar refractivity (Wildman–Crippen MR) is 293 cm³/mol. The van der Waals surface area contributed by atoms with Crippen LogP contribution in [0.5, 0.6) is 5.75 Å². The Hall–Kier alpha value is -7.70. The molecule has 0 bridgehead atoms. The average molecular weight is 915 g/mol. The highest BCUT2D eigenvalue weighted by molar-refractivity contribution is 6.26. The van der Waals surface area contributed by atoms with Gasteiger partial charge in [-0.3, -0.25) is 8.97 Å². The molecule has 346 valence electrons. The molecule has 70 heavy (non-hydrogen) atoms. The molecule has 0 spiro atoms. The number of para-hydroxylation sites is 4. The monoisotopic (exact) mass is 914 g/mol. The lowest BCUT2D eigenvalue weighted by Gasteiger charge is -2.28. The molecule has 0 fully saturated rings. The largest absolute Gasteiger partial charge is 0.507 e. The summed E-state index contributed by atoms with van der Waals surface area (Å²) >= 11 is 0. The number of hydrogen-bond acceptors (Lipinski definition) is 4. The number of hydrogen-bond donors (Lipinski definition) is 1. The van der Waals surface area contributed by atoms with E-state index in [9.17, 15) is 5.11 Å². The van der Waals surface area contributed by atoms with Gasteiger partial charge in [0.15, 0.2) is 0 Å². The van der Waals surface area contributed by atoms with E-state index in [0.717, 1.165) is 105 Å². The zero-order valence-corrected chi connectivity index (χ0v) is 41.7. The Morgan fingerprint density at radius 3 is 1.79 bits per heavy atom. The van der Waals surface area contributed by atoms with Gasteiger partial charge in [0.05, 0.1) is 38.8 Å². The van der Waals surface area contributed by atoms with Gasteiger partial charge in [-0.25, -0.2) is 9.97 Å². The van der Waals surface area contributed by atoms with Crippen LogP contribution in [0.3, 0.4) is 0 Å². The molecule has 0 saturated heterocycles. The Morgan fingerprint density at radius 2 is 1.11 bits per heavy atom. The van der Waals surface area contributed by atoms with Gasteiger partial charge in [-0.15, -0.1) is 0 Å². The van der Waals surface area contributed by atoms with E-state index in [1.807, 2.05) is 12.1 Å². The Morgan fingerprint density at radius 1 is 0.514 bits per heavy atom. The molecule has 6 heteroatoms. The number of fused-ring (bicyclic) bond motifs is 13. The first kappa shape index (κ1) is 43.6. The number of furan rings is 1. The normalized spacial score (nSPS) is 12.7. The van der Waals surface area contributed by atoms with E-state index < -0.39 is 0 Å². The van der Waals surface area contributed by atoms with Crippen LogP contribution in [0, 0.1) is 0 Å². The van der Waals surface area contributed by atoms with Crippen LogP contribution in [0.15, 0.2) is 156 Å². The van der Waals surface area contributed by atoms with Crippen molar-refractivity contribution in [2.24, 2.45) is 0 Å². The van der Waals surface area contributed by atoms with Crippen LogP contribution >= 0.6 is 0 Å². The molecule has 0 unspecified atom stereocenters. The molecule has 8 aromatic carbocycles. The van der Waals surface area contributed by atoms with E-state index in [-0.39, 0.29) is 28.4 Å². The topological polar surface area (TPSA) is 68.5 Å². The Labute approximate surface area is 408 Å². The lowest BCUT2D eigenvalue weighted by molar-refractivity contribution is 0.446. The van der Waals surface area contributed by atoms with Crippen molar-refractivity contribution in [3.8, 4) is 45.1 Å². The minimum atomic E-state index is -0.338. The summed E-state index contributed by atoms with van der Waals surface area (Å²) in [5.74, 6) is 1.31. The first-order valence-electron chi connectivity index (χ1n) is 24.8. The zero-order chi connectivity index (χ0) is 48.5. The third-order valence-electron chi connectivity index (χ3n) is 14.6. The Kier molecular flexibility index (Phi) is 9.75. The summed E-state index contributed by atoms with van der Waals surface area (Å²) in [5, 5.41) is 18.1. The maximum Gasteiger partial charge on any atom is 0.149 e. The van der Waals surface area contributed by atoms with Crippen molar-refractivity contribution >= 4 is 71.3 Å². The van der Waals surface area contributed by atoms with Crippen molar-refractivity contribution in [1.82, 2.24) is 18.9 Å². The summed E-state index contributed by atoms with van der Waals surface area (Å²) in [7, 11) is 0. The highest BCUT2D eigenvalue weighted by Gasteiger charge is 2.31. The number of nitrogens with zero attached hydrogens (tertiary/aromatic N) is 4. The van der Waals surface area contributed by atoms with Crippen LogP contribution in [-0.4, -0.2) is 24.0 Å². The summed E-state index contributed by atoms with van der Waals surface area (Å²) in [6, 6.07) is 54.2. The molecule has 1 N–H and O–H groups in total. The second-order valence-corrected chi connectivity index (χ2v) is 22.0. The van der Waals surface area contributed by atoms with E-state index in [1.54, 1.807) is 0 Å². The van der Waals surface area contributed by atoms with Crippen molar-refractivity contribution in [2.75, 3.05) is 0 Å². The highest BCUT2D eigenvalue weighted by Crippen LogP contribution is 2.48. The third kappa shape index (κ3) is 6.60. The van der Waals surface area contributed by atoms with E-state index in [2.05, 4.69) is 218 Å². The van der Waals surface area contributed by atoms with E-state index in [1.165, 1.54) is 22.3 Å². The molecule has 4 aromatic heterocycles. The minimum absolute atomic E-state index is 0.168. The lowest BCUT2D eigenvalue weighted by Crippen LogP contribution is -2.17. The number of imidazole rings is 2. The number of aromatic hydroxyl groups is 1. The fourth-order valence-electron chi connectivity index (χ4n) is 11.0. The fraction of sp³-hybridized carbons (Fsp3) is 0.219. The molecule has 12 aromatic rings. The molecule has 0 atom stereocenters. The fourth-order valence-corrected chi connectivity index (χ4v) is 11.0. The van der Waals surface area contributed by atoms with Crippen LogP contribution in [0.4, 0.5) is 0 Å². The molecule has 6 nitrogen and oxygen atoms in total. The molecular formula is C64H58N4O2. The second kappa shape index (κ2) is 15.7. The number of phenols is 1. The number of aromatic nitrogens is 4. The molecule has 12 rings (SSSR count). The highest BCUT2D eigenvalue weighted by atomic mass is 16.3. The molecule has 4 heterocycles. The lowest BCUT2D eigenvalue weighted by atomic mass is 9.78. The van der Waals surface area contributed by atoms with Crippen molar-refractivity contribution in [1.29, 1.82) is 0 Å². The molecule has 0 saturated carbocycles. The number of rotatable bonds is 6. The summed E-state index contributed by atoms with van der Waals surface area (Å²) in [6.07, 6.45) is 0. The van der Waals surface area contributed by atoms with Gasteiger partial charge >= 0.3 is 0 Å². The van der Waals surface area contributed by atoms with E-state index >= 15 is 0 Å². The smallest absolute Gasteiger partial charge is 0.149 e. The molecule has 0 aliphatic carbocycles. The van der Waals surface area contributed by atoms with Gasteiger partial charge in [-0.1, -0.05) is 166 Å². The average Bonchev–Trinajstić information content (AvgIpc) is 4.05. The summed E-state index contributed by atoms with van der Waals surface area (Å²) in [4.78, 5) is 11.4. The number of benzene rings is 8. The quantitative estimate of drug-likeness (QED) is 0.169. The van der Waals surface area contributed by atoms with Gasteiger partial charge in [0.2, 0.25) is 0 Å². The van der Waals surface area contributed by atoms with Gasteiger partial charge in [0, 0.05) is 43.6 Å². The van der Waals surface area contributed by atoms with Crippen molar-refractivity contribution in [3.05, 3.63) is 174 Å². The van der Waals surface area contributed by atoms with Gasteiger partial charge in [-0.05, 0) is 105 Å². The third-order valence-corrected chi connectivity index (χ3v) is 14.6. The summed E-state index contributed by atoms with van der Waals surface area (Å²) in [6.45, 7) is 22.4. The Balaban J connectivity index is 1.20. The second-order valence-electron chi connectivity index (χ2n) is 22.0. The molecule has 0 amide bonds. The SMILES string of the molecule is CC(C)c1cc(-c2ccccc2)cc(C(C)C)c1-n1c(-c2cc(C(C)(C)C)cc(C(C)(C)C)c2O)nc2c(-c3cccc4c3nc3c5ccc6c7ccccc7oc6c5c5ccccc5n43)cccc21. The minimum Gasteiger partial charge on any atom is -0.507 e. The van der Waals surface area contributed by atoms with E-state index in [0.29, 0.717) is 5.82 Å². The maximum absolute atomic E-state index is 12.7. The summed E-state index contributed by atoms with van der Waals surface area (Å²) < 4.78 is 11.4. The molecule has 0 aliphatic heterocycles. The Bertz CT molecular complexity index is 4060. The first-order valence-corrected chi connectivity index (χ1v) is 24.8. The number of pyridine rings is 1. The molecular weight excluding hydrogens is 857 g/mol. The standard InChI is InChI=1S/C64H58N4O2/c1-36(2)47-32-39(38-20-12-11-13-21-38)33-48(37(3)4)58(47)68-53-28-19-25-43(57(53)66-62(68)49-34-40(63(5,6)7)35-50(59(49)69)64(8,9)10)42-24-18-27-52-56(42)65-61-46-31-30-44-41-22-15-17-29-54(41)70-60(44)55(46)45-23-14-16-26-51(45)67(52)61/h11-37,69H,1-10H3. The van der Waals surface area contributed by atoms with Crippen LogP contribution in [0.1, 0.15) is 103 Å². The number of phenolic OH excluding ortho intramolecular Hbond substituents is 1. The van der Waals surface area contributed by atoms with E-state index in [4.69, 9.17) is 14.4 Å². The van der Waals surface area contributed by atoms with Gasteiger partial charge in [-0.2, -0.15) is 0 Å². The molecule has 0 aliphatic rings. The molecule has 0 radical (unpaired) electrons. The van der Waals surface area contributed by atoms with Crippen LogP contribution in [0.25, 0.3) is 111 Å². The van der Waals surface area contributed by atoms with Crippen molar-refractivity contribution < 1.29 is 9.52 Å².